The molecule has 116 valence electrons. The molecule has 1 aliphatic rings. The fraction of sp³-hybridized carbons (Fsp3) is 0.357. The average Bonchev–Trinajstić information content (AvgIpc) is 2.74. The van der Waals surface area contributed by atoms with Crippen LogP contribution in [0.15, 0.2) is 23.0 Å². The Morgan fingerprint density at radius 3 is 2.91 bits per heavy atom. The Morgan fingerprint density at radius 2 is 2.18 bits per heavy atom. The van der Waals surface area contributed by atoms with Crippen molar-refractivity contribution in [3.63, 3.8) is 0 Å². The summed E-state index contributed by atoms with van der Waals surface area (Å²) in [6.45, 7) is 1.17. The smallest absolute Gasteiger partial charge is 0.343 e. The van der Waals surface area contributed by atoms with E-state index in [2.05, 4.69) is 10.2 Å². The minimum atomic E-state index is -0.576. The molecule has 2 heterocycles. The second-order valence-corrected chi connectivity index (χ2v) is 4.99. The van der Waals surface area contributed by atoms with Crippen LogP contribution in [0.1, 0.15) is 16.2 Å². The summed E-state index contributed by atoms with van der Waals surface area (Å²) in [5, 5.41) is 6.32. The lowest BCUT2D eigenvalue weighted by atomic mass is 10.1. The third-order valence-corrected chi connectivity index (χ3v) is 3.72. The van der Waals surface area contributed by atoms with Crippen molar-refractivity contribution >= 4 is 5.91 Å². The average molecular weight is 306 g/mol. The van der Waals surface area contributed by atoms with Gasteiger partial charge in [-0.15, -0.1) is 0 Å². The van der Waals surface area contributed by atoms with Crippen LogP contribution in [-0.2, 0) is 13.0 Å². The van der Waals surface area contributed by atoms with Gasteiger partial charge in [0.15, 0.2) is 11.6 Å². The molecule has 0 bridgehead atoms. The number of methoxy groups -OCH3 is 1. The van der Waals surface area contributed by atoms with Crippen LogP contribution in [0.25, 0.3) is 0 Å². The van der Waals surface area contributed by atoms with E-state index in [1.54, 1.807) is 4.90 Å². The summed E-state index contributed by atoms with van der Waals surface area (Å²) in [6.07, 6.45) is 0.475. The van der Waals surface area contributed by atoms with Crippen molar-refractivity contribution < 1.29 is 13.9 Å². The van der Waals surface area contributed by atoms with Gasteiger partial charge in [0.25, 0.3) is 5.91 Å². The van der Waals surface area contributed by atoms with E-state index >= 15 is 0 Å². The number of carbonyl (C=O) groups excluding carboxylic acids is 1. The van der Waals surface area contributed by atoms with Crippen molar-refractivity contribution in [2.75, 3.05) is 20.2 Å². The van der Waals surface area contributed by atoms with Gasteiger partial charge in [-0.1, -0.05) is 0 Å². The summed E-state index contributed by atoms with van der Waals surface area (Å²) in [7, 11) is 1.37. The van der Waals surface area contributed by atoms with Gasteiger partial charge in [-0.05, 0) is 18.2 Å². The van der Waals surface area contributed by atoms with Gasteiger partial charge in [0.05, 0.1) is 7.11 Å². The van der Waals surface area contributed by atoms with Gasteiger partial charge >= 0.3 is 5.69 Å². The van der Waals surface area contributed by atoms with Crippen LogP contribution in [0.2, 0.25) is 0 Å². The lowest BCUT2D eigenvalue weighted by Gasteiger charge is -2.20. The van der Waals surface area contributed by atoms with E-state index in [0.29, 0.717) is 31.9 Å². The second-order valence-electron chi connectivity index (χ2n) is 4.99. The Morgan fingerprint density at radius 1 is 1.36 bits per heavy atom. The molecule has 7 nitrogen and oxygen atoms in total. The monoisotopic (exact) mass is 306 g/mol. The molecule has 0 aliphatic carbocycles. The number of aromatic amines is 1. The summed E-state index contributed by atoms with van der Waals surface area (Å²) in [5.41, 5.74) is -0.0217. The normalized spacial score (nSPS) is 14.4. The van der Waals surface area contributed by atoms with Gasteiger partial charge in [-0.2, -0.15) is 5.10 Å². The maximum Gasteiger partial charge on any atom is 0.343 e. The summed E-state index contributed by atoms with van der Waals surface area (Å²) in [5.74, 6) is -0.128. The Bertz CT molecular complexity index is 768. The van der Waals surface area contributed by atoms with Crippen LogP contribution in [0, 0.1) is 5.82 Å². The Kier molecular flexibility index (Phi) is 3.66. The molecule has 0 fully saturated rings. The zero-order valence-electron chi connectivity index (χ0n) is 12.0. The first-order valence-electron chi connectivity index (χ1n) is 6.87. The van der Waals surface area contributed by atoms with E-state index in [1.807, 2.05) is 0 Å². The van der Waals surface area contributed by atoms with E-state index in [-0.39, 0.29) is 22.9 Å². The third kappa shape index (κ3) is 2.47. The van der Waals surface area contributed by atoms with E-state index in [1.165, 1.54) is 23.8 Å². The van der Waals surface area contributed by atoms with Crippen molar-refractivity contribution in [3.05, 3.63) is 45.9 Å². The van der Waals surface area contributed by atoms with Crippen LogP contribution in [0.3, 0.4) is 0 Å². The predicted octanol–water partition coefficient (Wildman–Crippen LogP) is 0.418. The highest BCUT2D eigenvalue weighted by atomic mass is 19.1. The van der Waals surface area contributed by atoms with Gasteiger partial charge in [-0.3, -0.25) is 9.36 Å². The summed E-state index contributed by atoms with van der Waals surface area (Å²) < 4.78 is 20.1. The molecule has 8 heteroatoms. The zero-order chi connectivity index (χ0) is 15.7. The molecule has 3 rings (SSSR count). The van der Waals surface area contributed by atoms with Gasteiger partial charge in [-0.25, -0.2) is 14.3 Å². The van der Waals surface area contributed by atoms with Crippen LogP contribution >= 0.6 is 0 Å². The van der Waals surface area contributed by atoms with Crippen molar-refractivity contribution in [3.8, 4) is 5.75 Å². The van der Waals surface area contributed by atoms with Gasteiger partial charge in [0.1, 0.15) is 5.82 Å². The Balaban J connectivity index is 1.79. The molecule has 1 amide bonds. The van der Waals surface area contributed by atoms with Crippen molar-refractivity contribution in [1.29, 1.82) is 0 Å². The van der Waals surface area contributed by atoms with Crippen LogP contribution in [0.4, 0.5) is 4.39 Å². The number of amides is 1. The highest BCUT2D eigenvalue weighted by molar-refractivity contribution is 5.94. The number of fused-ring (bicyclic) bond motifs is 1. The van der Waals surface area contributed by atoms with Crippen molar-refractivity contribution in [1.82, 2.24) is 19.7 Å². The molecule has 0 radical (unpaired) electrons. The van der Waals surface area contributed by atoms with Crippen molar-refractivity contribution in [2.45, 2.75) is 13.0 Å². The number of hydrogen-bond donors (Lipinski definition) is 1. The minimum Gasteiger partial charge on any atom is -0.494 e. The maximum absolute atomic E-state index is 13.7. The molecule has 22 heavy (non-hydrogen) atoms. The number of rotatable bonds is 2. The summed E-state index contributed by atoms with van der Waals surface area (Å²) in [4.78, 5) is 25.6. The van der Waals surface area contributed by atoms with Crippen LogP contribution < -0.4 is 10.4 Å². The fourth-order valence-electron chi connectivity index (χ4n) is 2.52. The van der Waals surface area contributed by atoms with E-state index in [9.17, 15) is 14.0 Å². The van der Waals surface area contributed by atoms with Gasteiger partial charge in [0.2, 0.25) is 0 Å². The number of halogens is 1. The SMILES string of the molecule is COc1ccc(C(=O)N2CCc3n[nH]c(=O)n3CC2)cc1F. The third-order valence-electron chi connectivity index (χ3n) is 3.72. The molecule has 1 aliphatic heterocycles. The number of H-pyrrole nitrogens is 1. The molecule has 1 aromatic carbocycles. The molecule has 1 N–H and O–H groups in total. The fourth-order valence-corrected chi connectivity index (χ4v) is 2.52. The minimum absolute atomic E-state index is 0.0964. The van der Waals surface area contributed by atoms with Crippen LogP contribution in [-0.4, -0.2) is 45.8 Å². The lowest BCUT2D eigenvalue weighted by Crippen LogP contribution is -2.34. The summed E-state index contributed by atoms with van der Waals surface area (Å²) in [6, 6.07) is 4.12. The number of benzene rings is 1. The zero-order valence-corrected chi connectivity index (χ0v) is 12.0. The number of carbonyl (C=O) groups is 1. The van der Waals surface area contributed by atoms with Crippen LogP contribution in [0.5, 0.6) is 5.75 Å². The number of hydrogen-bond acceptors (Lipinski definition) is 4. The summed E-state index contributed by atoms with van der Waals surface area (Å²) >= 11 is 0. The predicted molar refractivity (Wildman–Crippen MR) is 75.4 cm³/mol. The molecular weight excluding hydrogens is 291 g/mol. The first-order valence-corrected chi connectivity index (χ1v) is 6.87. The second kappa shape index (κ2) is 5.63. The van der Waals surface area contributed by atoms with Crippen molar-refractivity contribution in [2.24, 2.45) is 0 Å². The van der Waals surface area contributed by atoms with E-state index in [4.69, 9.17) is 4.74 Å². The molecule has 1 aromatic heterocycles. The molecule has 2 aromatic rings. The highest BCUT2D eigenvalue weighted by Gasteiger charge is 2.22. The van der Waals surface area contributed by atoms with Gasteiger partial charge in [0, 0.05) is 31.6 Å². The molecule has 0 unspecified atom stereocenters. The van der Waals surface area contributed by atoms with Gasteiger partial charge < -0.3 is 9.64 Å². The first kappa shape index (κ1) is 14.3. The topological polar surface area (TPSA) is 80.2 Å². The standard InChI is InChI=1S/C14H15FN4O3/c1-22-11-3-2-9(8-10(11)15)13(20)18-5-4-12-16-17-14(21)19(12)7-6-18/h2-3,8H,4-7H2,1H3,(H,17,21). The molecule has 0 spiro atoms. The number of nitrogens with zero attached hydrogens (tertiary/aromatic N) is 3. The largest absolute Gasteiger partial charge is 0.494 e. The molecular formula is C14H15FN4O3. The Hall–Kier alpha value is -2.64. The Labute approximate surface area is 125 Å². The molecule has 0 saturated carbocycles. The molecule has 0 atom stereocenters. The number of ether oxygens (including phenoxy) is 1. The number of aromatic nitrogens is 3. The lowest BCUT2D eigenvalue weighted by molar-refractivity contribution is 0.0758. The highest BCUT2D eigenvalue weighted by Crippen LogP contribution is 2.19. The van der Waals surface area contributed by atoms with E-state index in [0.717, 1.165) is 6.07 Å². The number of nitrogens with one attached hydrogen (secondary N) is 1. The first-order chi connectivity index (χ1) is 10.6. The quantitative estimate of drug-likeness (QED) is 0.872. The maximum atomic E-state index is 13.7. The van der Waals surface area contributed by atoms with E-state index < -0.39 is 5.82 Å². The molecule has 0 saturated heterocycles.